The number of alkyl halides is 3. The third kappa shape index (κ3) is 3.40. The molecule has 3 aliphatic rings. The number of halogens is 3. The Morgan fingerprint density at radius 2 is 1.81 bits per heavy atom. The molecule has 0 atom stereocenters. The molecular formula is C19H21F3N4. The molecule has 3 heterocycles. The summed E-state index contributed by atoms with van der Waals surface area (Å²) in [6, 6.07) is 10.4. The fourth-order valence-corrected chi connectivity index (χ4v) is 4.17. The van der Waals surface area contributed by atoms with E-state index in [0.29, 0.717) is 6.54 Å². The lowest BCUT2D eigenvalue weighted by atomic mass is 9.62. The van der Waals surface area contributed by atoms with Crippen LogP contribution in [-0.4, -0.2) is 33.5 Å². The lowest BCUT2D eigenvalue weighted by Gasteiger charge is -2.59. The van der Waals surface area contributed by atoms with Crippen molar-refractivity contribution in [3.05, 3.63) is 53.9 Å². The first-order chi connectivity index (χ1) is 12.4. The summed E-state index contributed by atoms with van der Waals surface area (Å²) in [5, 5.41) is 3.16. The molecule has 0 spiro atoms. The maximum atomic E-state index is 12.6. The average molecular weight is 362 g/mol. The molecule has 1 aromatic heterocycles. The van der Waals surface area contributed by atoms with Crippen molar-refractivity contribution >= 4 is 5.95 Å². The first kappa shape index (κ1) is 17.3. The van der Waals surface area contributed by atoms with E-state index in [-0.39, 0.29) is 11.5 Å². The highest BCUT2D eigenvalue weighted by Crippen LogP contribution is 2.49. The highest BCUT2D eigenvalue weighted by molar-refractivity contribution is 5.28. The SMILES string of the molecule is FC(F)(F)c1cnc(NCC23CC(CCN2Cc2ccccc2)C3)nc1. The van der Waals surface area contributed by atoms with Gasteiger partial charge < -0.3 is 5.32 Å². The molecule has 1 saturated carbocycles. The molecule has 1 aliphatic carbocycles. The summed E-state index contributed by atoms with van der Waals surface area (Å²) in [5.41, 5.74) is 0.501. The zero-order valence-electron chi connectivity index (χ0n) is 14.3. The van der Waals surface area contributed by atoms with Gasteiger partial charge in [0.25, 0.3) is 0 Å². The minimum absolute atomic E-state index is 0.0464. The summed E-state index contributed by atoms with van der Waals surface area (Å²) < 4.78 is 37.8. The summed E-state index contributed by atoms with van der Waals surface area (Å²) in [6.07, 6.45) is 0.707. The van der Waals surface area contributed by atoms with Gasteiger partial charge in [-0.05, 0) is 37.3 Å². The Bertz CT molecular complexity index is 740. The number of fused-ring (bicyclic) bond motifs is 2. The lowest BCUT2D eigenvalue weighted by molar-refractivity contribution is -0.138. The molecule has 7 heteroatoms. The van der Waals surface area contributed by atoms with Crippen LogP contribution in [0.1, 0.15) is 30.4 Å². The highest BCUT2D eigenvalue weighted by Gasteiger charge is 2.51. The van der Waals surface area contributed by atoms with Crippen molar-refractivity contribution in [2.45, 2.75) is 37.5 Å². The Balaban J connectivity index is 1.42. The topological polar surface area (TPSA) is 41.1 Å². The van der Waals surface area contributed by atoms with Gasteiger partial charge in [0.2, 0.25) is 5.95 Å². The first-order valence-corrected chi connectivity index (χ1v) is 8.87. The van der Waals surface area contributed by atoms with Crippen molar-refractivity contribution in [1.29, 1.82) is 0 Å². The molecule has 4 nitrogen and oxygen atoms in total. The molecule has 1 aromatic carbocycles. The summed E-state index contributed by atoms with van der Waals surface area (Å²) in [7, 11) is 0. The quantitative estimate of drug-likeness (QED) is 0.874. The van der Waals surface area contributed by atoms with Gasteiger partial charge in [-0.15, -0.1) is 0 Å². The van der Waals surface area contributed by atoms with E-state index >= 15 is 0 Å². The Labute approximate surface area is 150 Å². The predicted octanol–water partition coefficient (Wildman–Crippen LogP) is 3.96. The van der Waals surface area contributed by atoms with E-state index in [1.165, 1.54) is 12.0 Å². The van der Waals surface area contributed by atoms with Crippen molar-refractivity contribution in [2.24, 2.45) is 5.92 Å². The maximum Gasteiger partial charge on any atom is 0.419 e. The van der Waals surface area contributed by atoms with Crippen LogP contribution in [0.2, 0.25) is 0 Å². The van der Waals surface area contributed by atoms with Crippen LogP contribution in [0.4, 0.5) is 19.1 Å². The van der Waals surface area contributed by atoms with Gasteiger partial charge in [0, 0.05) is 31.0 Å². The first-order valence-electron chi connectivity index (χ1n) is 8.87. The van der Waals surface area contributed by atoms with Crippen LogP contribution in [0.25, 0.3) is 0 Å². The molecule has 5 rings (SSSR count). The van der Waals surface area contributed by atoms with E-state index in [0.717, 1.165) is 44.2 Å². The van der Waals surface area contributed by atoms with Crippen molar-refractivity contribution in [2.75, 3.05) is 18.4 Å². The third-order valence-corrected chi connectivity index (χ3v) is 5.59. The van der Waals surface area contributed by atoms with Crippen LogP contribution in [0.5, 0.6) is 0 Å². The summed E-state index contributed by atoms with van der Waals surface area (Å²) in [6.45, 7) is 2.60. The molecule has 138 valence electrons. The number of rotatable bonds is 5. The van der Waals surface area contributed by atoms with E-state index in [9.17, 15) is 13.2 Å². The van der Waals surface area contributed by atoms with Crippen molar-refractivity contribution < 1.29 is 13.2 Å². The van der Waals surface area contributed by atoms with Crippen LogP contribution in [0.15, 0.2) is 42.7 Å². The highest BCUT2D eigenvalue weighted by atomic mass is 19.4. The van der Waals surface area contributed by atoms with Gasteiger partial charge in [-0.1, -0.05) is 30.3 Å². The molecular weight excluding hydrogens is 341 g/mol. The van der Waals surface area contributed by atoms with Gasteiger partial charge in [0.15, 0.2) is 0 Å². The maximum absolute atomic E-state index is 12.6. The Kier molecular flexibility index (Phi) is 4.34. The number of hydrogen-bond acceptors (Lipinski definition) is 4. The molecule has 0 unspecified atom stereocenters. The summed E-state index contributed by atoms with van der Waals surface area (Å²) in [5.74, 6) is 1.01. The van der Waals surface area contributed by atoms with E-state index in [1.54, 1.807) is 0 Å². The molecule has 0 radical (unpaired) electrons. The monoisotopic (exact) mass is 362 g/mol. The second kappa shape index (κ2) is 6.54. The average Bonchev–Trinajstić information content (AvgIpc) is 2.60. The Morgan fingerprint density at radius 1 is 1.12 bits per heavy atom. The van der Waals surface area contributed by atoms with Crippen molar-refractivity contribution in [1.82, 2.24) is 14.9 Å². The summed E-state index contributed by atoms with van der Waals surface area (Å²) >= 11 is 0. The molecule has 2 aliphatic heterocycles. The Hall–Kier alpha value is -2.15. The van der Waals surface area contributed by atoms with Crippen LogP contribution in [0.3, 0.4) is 0 Å². The van der Waals surface area contributed by atoms with Crippen molar-refractivity contribution in [3.63, 3.8) is 0 Å². The van der Waals surface area contributed by atoms with Crippen LogP contribution in [-0.2, 0) is 12.7 Å². The number of aromatic nitrogens is 2. The number of hydrogen-bond donors (Lipinski definition) is 1. The van der Waals surface area contributed by atoms with Crippen molar-refractivity contribution in [3.8, 4) is 0 Å². The second-order valence-corrected chi connectivity index (χ2v) is 7.34. The molecule has 0 amide bonds. The largest absolute Gasteiger partial charge is 0.419 e. The van der Waals surface area contributed by atoms with E-state index in [1.807, 2.05) is 18.2 Å². The molecule has 26 heavy (non-hydrogen) atoms. The Morgan fingerprint density at radius 3 is 2.46 bits per heavy atom. The zero-order valence-corrected chi connectivity index (χ0v) is 14.3. The molecule has 2 bridgehead atoms. The van der Waals surface area contributed by atoms with Gasteiger partial charge in [-0.2, -0.15) is 13.2 Å². The molecule has 1 N–H and O–H groups in total. The predicted molar refractivity (Wildman–Crippen MR) is 92.4 cm³/mol. The minimum atomic E-state index is -4.41. The smallest absolute Gasteiger partial charge is 0.352 e. The lowest BCUT2D eigenvalue weighted by Crippen LogP contribution is -2.65. The second-order valence-electron chi connectivity index (χ2n) is 7.34. The van der Waals surface area contributed by atoms with Gasteiger partial charge in [0.1, 0.15) is 0 Å². The number of nitrogens with one attached hydrogen (secondary N) is 1. The fraction of sp³-hybridized carbons (Fsp3) is 0.474. The third-order valence-electron chi connectivity index (χ3n) is 5.59. The zero-order chi connectivity index (χ0) is 18.2. The van der Waals surface area contributed by atoms with E-state index in [4.69, 9.17) is 0 Å². The minimum Gasteiger partial charge on any atom is -0.352 e. The number of anilines is 1. The summed E-state index contributed by atoms with van der Waals surface area (Å²) in [4.78, 5) is 10.2. The van der Waals surface area contributed by atoms with Crippen LogP contribution < -0.4 is 5.32 Å². The van der Waals surface area contributed by atoms with Gasteiger partial charge >= 0.3 is 6.18 Å². The molecule has 2 aromatic rings. The van der Waals surface area contributed by atoms with Gasteiger partial charge in [-0.3, -0.25) is 4.90 Å². The van der Waals surface area contributed by atoms with Crippen LogP contribution in [0, 0.1) is 5.92 Å². The van der Waals surface area contributed by atoms with Gasteiger partial charge in [0.05, 0.1) is 5.56 Å². The number of piperidine rings is 2. The molecule has 3 fully saturated rings. The van der Waals surface area contributed by atoms with E-state index in [2.05, 4.69) is 32.3 Å². The number of nitrogens with zero attached hydrogens (tertiary/aromatic N) is 3. The molecule has 2 saturated heterocycles. The van der Waals surface area contributed by atoms with E-state index < -0.39 is 11.7 Å². The fourth-order valence-electron chi connectivity index (χ4n) is 4.17. The van der Waals surface area contributed by atoms with Gasteiger partial charge in [-0.25, -0.2) is 9.97 Å². The standard InChI is InChI=1S/C19H21F3N4/c20-19(21,22)16-10-23-17(24-11-16)25-13-18-8-15(9-18)6-7-26(18)12-14-4-2-1-3-5-14/h1-5,10-11,15H,6-9,12-13H2,(H,23,24,25). The van der Waals surface area contributed by atoms with Crippen LogP contribution >= 0.6 is 0 Å². The normalized spacial score (nSPS) is 25.6. The number of benzene rings is 1.